The maximum Gasteiger partial charge on any atom is 0.269 e. The van der Waals surface area contributed by atoms with Gasteiger partial charge in [0.1, 0.15) is 5.82 Å². The number of hydrogen-bond acceptors (Lipinski definition) is 8. The quantitative estimate of drug-likeness (QED) is 0.177. The van der Waals surface area contributed by atoms with Gasteiger partial charge in [-0.25, -0.2) is 14.6 Å². The number of anilines is 1. The fourth-order valence-corrected chi connectivity index (χ4v) is 3.77. The first-order valence-corrected chi connectivity index (χ1v) is 12.0. The Hall–Kier alpha value is -3.21. The molecule has 0 saturated carbocycles. The Bertz CT molecular complexity index is 1100. The first-order valence-electron chi connectivity index (χ1n) is 11.0. The van der Waals surface area contributed by atoms with Gasteiger partial charge in [0.2, 0.25) is 5.91 Å². The summed E-state index contributed by atoms with van der Waals surface area (Å²) in [4.78, 5) is 31.9. The Balaban J connectivity index is 1.64. The van der Waals surface area contributed by atoms with Crippen molar-refractivity contribution < 1.29 is 9.72 Å². The summed E-state index contributed by atoms with van der Waals surface area (Å²) in [6.45, 7) is 8.05. The molecule has 0 spiro atoms. The van der Waals surface area contributed by atoms with Crippen LogP contribution in [0.5, 0.6) is 0 Å². The molecule has 0 aliphatic heterocycles. The van der Waals surface area contributed by atoms with Crippen LogP contribution < -0.4 is 10.6 Å². The third kappa shape index (κ3) is 6.88. The summed E-state index contributed by atoms with van der Waals surface area (Å²) in [5.41, 5.74) is 1.46. The number of hydrogen-bond donors (Lipinski definition) is 2. The SMILES string of the molecule is CCCSc1nc(NCC(C)C)c2cnn(CCNC(=O)Cc3ccc([N+](=O)[O-])cc3)c2n1. The Morgan fingerprint density at radius 1 is 1.24 bits per heavy atom. The zero-order valence-corrected chi connectivity index (χ0v) is 19.9. The molecule has 3 rings (SSSR count). The Morgan fingerprint density at radius 3 is 2.67 bits per heavy atom. The summed E-state index contributed by atoms with van der Waals surface area (Å²) in [6, 6.07) is 5.99. The average molecular weight is 472 g/mol. The minimum Gasteiger partial charge on any atom is -0.369 e. The van der Waals surface area contributed by atoms with Crippen LogP contribution in [0.2, 0.25) is 0 Å². The molecular formula is C22H29N7O3S. The van der Waals surface area contributed by atoms with E-state index in [1.165, 1.54) is 12.1 Å². The molecule has 2 heterocycles. The number of aromatic nitrogens is 4. The van der Waals surface area contributed by atoms with E-state index in [2.05, 4.69) is 41.5 Å². The van der Waals surface area contributed by atoms with E-state index in [1.807, 2.05) is 0 Å². The fraction of sp³-hybridized carbons (Fsp3) is 0.455. The Kier molecular flexibility index (Phi) is 8.58. The highest BCUT2D eigenvalue weighted by Gasteiger charge is 2.14. The number of amides is 1. The summed E-state index contributed by atoms with van der Waals surface area (Å²) in [5.74, 6) is 2.03. The number of nitro benzene ring substituents is 1. The van der Waals surface area contributed by atoms with Gasteiger partial charge >= 0.3 is 0 Å². The van der Waals surface area contributed by atoms with Crippen LogP contribution in [0.25, 0.3) is 11.0 Å². The van der Waals surface area contributed by atoms with Crippen molar-refractivity contribution in [2.75, 3.05) is 24.2 Å². The number of carbonyl (C=O) groups excluding carboxylic acids is 1. The van der Waals surface area contributed by atoms with E-state index in [0.717, 1.165) is 35.6 Å². The average Bonchev–Trinajstić information content (AvgIpc) is 3.19. The lowest BCUT2D eigenvalue weighted by Crippen LogP contribution is -2.28. The number of thioether (sulfide) groups is 1. The molecule has 0 unspecified atom stereocenters. The second kappa shape index (κ2) is 11.6. The summed E-state index contributed by atoms with van der Waals surface area (Å²) < 4.78 is 1.78. The lowest BCUT2D eigenvalue weighted by molar-refractivity contribution is -0.384. The Labute approximate surface area is 196 Å². The van der Waals surface area contributed by atoms with E-state index < -0.39 is 4.92 Å². The van der Waals surface area contributed by atoms with E-state index in [0.29, 0.717) is 29.7 Å². The van der Waals surface area contributed by atoms with Crippen molar-refractivity contribution >= 4 is 40.2 Å². The zero-order valence-electron chi connectivity index (χ0n) is 19.1. The van der Waals surface area contributed by atoms with Crippen molar-refractivity contribution in [3.63, 3.8) is 0 Å². The number of nitrogens with one attached hydrogen (secondary N) is 2. The minimum atomic E-state index is -0.461. The van der Waals surface area contributed by atoms with E-state index in [1.54, 1.807) is 34.8 Å². The lowest BCUT2D eigenvalue weighted by atomic mass is 10.1. The monoisotopic (exact) mass is 471 g/mol. The number of carbonyl (C=O) groups is 1. The molecule has 11 heteroatoms. The first-order chi connectivity index (χ1) is 15.9. The van der Waals surface area contributed by atoms with Gasteiger partial charge in [-0.1, -0.05) is 44.7 Å². The molecule has 0 radical (unpaired) electrons. The Morgan fingerprint density at radius 2 is 2.00 bits per heavy atom. The second-order valence-electron chi connectivity index (χ2n) is 8.03. The van der Waals surface area contributed by atoms with Gasteiger partial charge in [0.05, 0.1) is 29.5 Å². The summed E-state index contributed by atoms with van der Waals surface area (Å²) >= 11 is 1.61. The number of benzene rings is 1. The lowest BCUT2D eigenvalue weighted by Gasteiger charge is -2.11. The molecule has 0 saturated heterocycles. The van der Waals surface area contributed by atoms with Crippen LogP contribution in [0.15, 0.2) is 35.6 Å². The highest BCUT2D eigenvalue weighted by Crippen LogP contribution is 2.25. The van der Waals surface area contributed by atoms with Gasteiger partial charge < -0.3 is 10.6 Å². The molecule has 0 fully saturated rings. The molecule has 2 aromatic heterocycles. The predicted octanol–water partition coefficient (Wildman–Crippen LogP) is 3.66. The molecule has 0 atom stereocenters. The molecular weight excluding hydrogens is 442 g/mol. The normalized spacial score (nSPS) is 11.2. The molecule has 33 heavy (non-hydrogen) atoms. The number of rotatable bonds is 12. The van der Waals surface area contributed by atoms with Crippen molar-refractivity contribution in [1.29, 1.82) is 0 Å². The molecule has 2 N–H and O–H groups in total. The molecule has 0 aliphatic rings. The number of nitrogens with zero attached hydrogens (tertiary/aromatic N) is 5. The molecule has 0 aliphatic carbocycles. The largest absolute Gasteiger partial charge is 0.369 e. The third-order valence-corrected chi connectivity index (χ3v) is 5.80. The molecule has 1 aromatic carbocycles. The van der Waals surface area contributed by atoms with Crippen molar-refractivity contribution in [2.24, 2.45) is 5.92 Å². The smallest absolute Gasteiger partial charge is 0.269 e. The van der Waals surface area contributed by atoms with Crippen LogP contribution in [-0.4, -0.2) is 49.4 Å². The topological polar surface area (TPSA) is 128 Å². The highest BCUT2D eigenvalue weighted by atomic mass is 32.2. The zero-order chi connectivity index (χ0) is 23.8. The maximum absolute atomic E-state index is 12.3. The molecule has 3 aromatic rings. The van der Waals surface area contributed by atoms with Gasteiger partial charge in [0, 0.05) is 31.0 Å². The van der Waals surface area contributed by atoms with E-state index in [4.69, 9.17) is 4.98 Å². The van der Waals surface area contributed by atoms with Gasteiger partial charge in [0.15, 0.2) is 10.8 Å². The first kappa shape index (κ1) is 24.4. The van der Waals surface area contributed by atoms with Crippen LogP contribution in [0.3, 0.4) is 0 Å². The minimum absolute atomic E-state index is 0.00503. The maximum atomic E-state index is 12.3. The summed E-state index contributed by atoms with van der Waals surface area (Å²) in [6.07, 6.45) is 2.94. The summed E-state index contributed by atoms with van der Waals surface area (Å²) in [5, 5.41) is 23.0. The summed E-state index contributed by atoms with van der Waals surface area (Å²) in [7, 11) is 0. The standard InChI is InChI=1S/C22H29N7O3S/c1-4-11-33-22-26-20(24-13-15(2)3)18-14-25-28(21(18)27-22)10-9-23-19(30)12-16-5-7-17(8-6-16)29(31)32/h5-8,14-15H,4,9-13H2,1-3H3,(H,23,30)(H,24,26,27). The molecule has 176 valence electrons. The van der Waals surface area contributed by atoms with Crippen molar-refractivity contribution in [2.45, 2.75) is 45.3 Å². The van der Waals surface area contributed by atoms with Crippen molar-refractivity contribution in [1.82, 2.24) is 25.1 Å². The highest BCUT2D eigenvalue weighted by molar-refractivity contribution is 7.99. The van der Waals surface area contributed by atoms with Crippen LogP contribution >= 0.6 is 11.8 Å². The van der Waals surface area contributed by atoms with Crippen LogP contribution in [0.4, 0.5) is 11.5 Å². The van der Waals surface area contributed by atoms with Gasteiger partial charge in [-0.3, -0.25) is 14.9 Å². The van der Waals surface area contributed by atoms with Crippen LogP contribution in [0.1, 0.15) is 32.8 Å². The van der Waals surface area contributed by atoms with Crippen molar-refractivity contribution in [3.8, 4) is 0 Å². The number of non-ortho nitro benzene ring substituents is 1. The molecule has 10 nitrogen and oxygen atoms in total. The van der Waals surface area contributed by atoms with E-state index in [9.17, 15) is 14.9 Å². The van der Waals surface area contributed by atoms with E-state index in [-0.39, 0.29) is 18.0 Å². The predicted molar refractivity (Wildman–Crippen MR) is 129 cm³/mol. The number of fused-ring (bicyclic) bond motifs is 1. The van der Waals surface area contributed by atoms with Gasteiger partial charge in [-0.2, -0.15) is 5.10 Å². The fourth-order valence-electron chi connectivity index (χ4n) is 3.08. The van der Waals surface area contributed by atoms with Gasteiger partial charge in [0.25, 0.3) is 5.69 Å². The van der Waals surface area contributed by atoms with E-state index >= 15 is 0 Å². The molecule has 1 amide bonds. The van der Waals surface area contributed by atoms with Crippen molar-refractivity contribution in [3.05, 3.63) is 46.1 Å². The van der Waals surface area contributed by atoms with Gasteiger partial charge in [-0.15, -0.1) is 0 Å². The molecule has 0 bridgehead atoms. The van der Waals surface area contributed by atoms with Gasteiger partial charge in [-0.05, 0) is 17.9 Å². The van der Waals surface area contributed by atoms with Crippen LogP contribution in [-0.2, 0) is 17.8 Å². The second-order valence-corrected chi connectivity index (χ2v) is 9.10. The third-order valence-electron chi connectivity index (χ3n) is 4.75. The number of nitro groups is 1. The van der Waals surface area contributed by atoms with Crippen LogP contribution in [0, 0.1) is 16.0 Å².